The van der Waals surface area contributed by atoms with E-state index in [1.54, 1.807) is 6.08 Å². The van der Waals surface area contributed by atoms with Gasteiger partial charge in [-0.05, 0) is 37.5 Å². The van der Waals surface area contributed by atoms with Crippen molar-refractivity contribution in [3.8, 4) is 0 Å². The fourth-order valence-corrected chi connectivity index (χ4v) is 2.08. The standard InChI is InChI=1S/C13H13N3O2/c1-8-9(4-5-11(17)18)6-7-16-12(8)14-15-13(16)10-2-3-10/h4-7,10H,2-3H2,1H3,(H,17,18)/b5-4+. The highest BCUT2D eigenvalue weighted by Gasteiger charge is 2.28. The van der Waals surface area contributed by atoms with E-state index in [4.69, 9.17) is 5.11 Å². The number of nitrogens with zero attached hydrogens (tertiary/aromatic N) is 3. The van der Waals surface area contributed by atoms with Crippen molar-refractivity contribution in [2.24, 2.45) is 0 Å². The zero-order chi connectivity index (χ0) is 12.7. The number of aromatic nitrogens is 3. The number of carboxylic acid groups (broad SMARTS) is 1. The number of hydrogen-bond donors (Lipinski definition) is 1. The molecule has 92 valence electrons. The second-order valence-electron chi connectivity index (χ2n) is 4.59. The van der Waals surface area contributed by atoms with Crippen LogP contribution >= 0.6 is 0 Å². The van der Waals surface area contributed by atoms with E-state index in [-0.39, 0.29) is 0 Å². The molecule has 2 aromatic rings. The van der Waals surface area contributed by atoms with Gasteiger partial charge in [0.15, 0.2) is 5.65 Å². The molecule has 1 N–H and O–H groups in total. The summed E-state index contributed by atoms with van der Waals surface area (Å²) < 4.78 is 2.01. The molecule has 2 aromatic heterocycles. The van der Waals surface area contributed by atoms with Crippen LogP contribution in [-0.4, -0.2) is 25.7 Å². The molecule has 0 amide bonds. The molecule has 1 aliphatic rings. The SMILES string of the molecule is Cc1c(/C=C/C(=O)O)ccn2c(C3CC3)nnc12. The van der Waals surface area contributed by atoms with Crippen LogP contribution in [-0.2, 0) is 4.79 Å². The summed E-state index contributed by atoms with van der Waals surface area (Å²) in [4.78, 5) is 10.5. The highest BCUT2D eigenvalue weighted by Crippen LogP contribution is 2.39. The number of fused-ring (bicyclic) bond motifs is 1. The first-order chi connectivity index (χ1) is 8.66. The molecule has 0 aromatic carbocycles. The van der Waals surface area contributed by atoms with Gasteiger partial charge in [-0.2, -0.15) is 0 Å². The van der Waals surface area contributed by atoms with E-state index in [9.17, 15) is 4.79 Å². The molecule has 5 nitrogen and oxygen atoms in total. The van der Waals surface area contributed by atoms with Crippen LogP contribution in [0.4, 0.5) is 0 Å². The second-order valence-corrected chi connectivity index (χ2v) is 4.59. The highest BCUT2D eigenvalue weighted by molar-refractivity contribution is 5.86. The first-order valence-corrected chi connectivity index (χ1v) is 5.92. The van der Waals surface area contributed by atoms with Crippen molar-refractivity contribution in [1.82, 2.24) is 14.6 Å². The molecule has 0 unspecified atom stereocenters. The van der Waals surface area contributed by atoms with Gasteiger partial charge < -0.3 is 5.11 Å². The molecular formula is C13H13N3O2. The van der Waals surface area contributed by atoms with E-state index in [2.05, 4.69) is 10.2 Å². The van der Waals surface area contributed by atoms with Crippen LogP contribution in [0, 0.1) is 6.92 Å². The van der Waals surface area contributed by atoms with E-state index in [0.29, 0.717) is 5.92 Å². The summed E-state index contributed by atoms with van der Waals surface area (Å²) in [5.41, 5.74) is 2.62. The van der Waals surface area contributed by atoms with Gasteiger partial charge in [-0.3, -0.25) is 4.40 Å². The summed E-state index contributed by atoms with van der Waals surface area (Å²) in [7, 11) is 0. The summed E-state index contributed by atoms with van der Waals surface area (Å²) >= 11 is 0. The molecule has 1 saturated carbocycles. The molecule has 1 aliphatic carbocycles. The van der Waals surface area contributed by atoms with Gasteiger partial charge in [-0.1, -0.05) is 0 Å². The molecule has 1 fully saturated rings. The molecule has 3 rings (SSSR count). The topological polar surface area (TPSA) is 67.5 Å². The number of carbonyl (C=O) groups is 1. The summed E-state index contributed by atoms with van der Waals surface area (Å²) in [6.45, 7) is 1.93. The average Bonchev–Trinajstić information content (AvgIpc) is 3.08. The van der Waals surface area contributed by atoms with Crippen LogP contribution in [0.25, 0.3) is 11.7 Å². The molecule has 0 atom stereocenters. The van der Waals surface area contributed by atoms with Crippen LogP contribution in [0.3, 0.4) is 0 Å². The number of hydrogen-bond acceptors (Lipinski definition) is 3. The van der Waals surface area contributed by atoms with Crippen LogP contribution in [0.15, 0.2) is 18.3 Å². The van der Waals surface area contributed by atoms with Crippen molar-refractivity contribution in [2.45, 2.75) is 25.7 Å². The van der Waals surface area contributed by atoms with Gasteiger partial charge in [0.05, 0.1) is 0 Å². The predicted molar refractivity (Wildman–Crippen MR) is 66.4 cm³/mol. The normalized spacial score (nSPS) is 15.6. The van der Waals surface area contributed by atoms with Crippen LogP contribution in [0.5, 0.6) is 0 Å². The lowest BCUT2D eigenvalue weighted by Gasteiger charge is -2.03. The number of aryl methyl sites for hydroxylation is 1. The minimum Gasteiger partial charge on any atom is -0.478 e. The van der Waals surface area contributed by atoms with E-state index in [0.717, 1.165) is 28.7 Å². The Balaban J connectivity index is 2.09. The van der Waals surface area contributed by atoms with Gasteiger partial charge in [0.25, 0.3) is 0 Å². The van der Waals surface area contributed by atoms with E-state index in [1.165, 1.54) is 12.8 Å². The molecular weight excluding hydrogens is 230 g/mol. The van der Waals surface area contributed by atoms with Gasteiger partial charge in [0, 0.05) is 23.8 Å². The maximum Gasteiger partial charge on any atom is 0.328 e. The molecule has 0 aliphatic heterocycles. The van der Waals surface area contributed by atoms with E-state index >= 15 is 0 Å². The Hall–Kier alpha value is -2.17. The van der Waals surface area contributed by atoms with Gasteiger partial charge in [-0.15, -0.1) is 10.2 Å². The lowest BCUT2D eigenvalue weighted by atomic mass is 10.1. The molecule has 0 radical (unpaired) electrons. The fraction of sp³-hybridized carbons (Fsp3) is 0.308. The number of pyridine rings is 1. The maximum absolute atomic E-state index is 10.5. The minimum atomic E-state index is -0.950. The summed E-state index contributed by atoms with van der Waals surface area (Å²) in [6, 6.07) is 1.90. The van der Waals surface area contributed by atoms with Crippen molar-refractivity contribution in [2.75, 3.05) is 0 Å². The van der Waals surface area contributed by atoms with E-state index in [1.807, 2.05) is 23.6 Å². The molecule has 5 heteroatoms. The summed E-state index contributed by atoms with van der Waals surface area (Å²) in [5, 5.41) is 17.1. The van der Waals surface area contributed by atoms with Crippen molar-refractivity contribution in [3.63, 3.8) is 0 Å². The maximum atomic E-state index is 10.5. The van der Waals surface area contributed by atoms with Crippen molar-refractivity contribution >= 4 is 17.7 Å². The lowest BCUT2D eigenvalue weighted by Crippen LogP contribution is -1.95. The average molecular weight is 243 g/mol. The number of rotatable bonds is 3. The molecule has 0 spiro atoms. The molecule has 18 heavy (non-hydrogen) atoms. The van der Waals surface area contributed by atoms with E-state index < -0.39 is 5.97 Å². The quantitative estimate of drug-likeness (QED) is 0.837. The predicted octanol–water partition coefficient (Wildman–Crippen LogP) is 2.01. The van der Waals surface area contributed by atoms with Gasteiger partial charge in [0.2, 0.25) is 0 Å². The minimum absolute atomic E-state index is 0.541. The third-order valence-electron chi connectivity index (χ3n) is 3.24. The number of carboxylic acids is 1. The van der Waals surface area contributed by atoms with Crippen LogP contribution in [0.2, 0.25) is 0 Å². The Morgan fingerprint density at radius 3 is 2.94 bits per heavy atom. The molecule has 0 saturated heterocycles. The summed E-state index contributed by atoms with van der Waals surface area (Å²) in [5.74, 6) is 0.607. The Morgan fingerprint density at radius 2 is 2.28 bits per heavy atom. The lowest BCUT2D eigenvalue weighted by molar-refractivity contribution is -0.131. The van der Waals surface area contributed by atoms with Crippen molar-refractivity contribution in [1.29, 1.82) is 0 Å². The smallest absolute Gasteiger partial charge is 0.328 e. The van der Waals surface area contributed by atoms with Gasteiger partial charge in [0.1, 0.15) is 5.82 Å². The summed E-state index contributed by atoms with van der Waals surface area (Å²) in [6.07, 6.45) is 7.00. The fourth-order valence-electron chi connectivity index (χ4n) is 2.08. The first kappa shape index (κ1) is 11.0. The zero-order valence-corrected chi connectivity index (χ0v) is 10.00. The van der Waals surface area contributed by atoms with Crippen LogP contribution < -0.4 is 0 Å². The molecule has 0 bridgehead atoms. The second kappa shape index (κ2) is 3.94. The largest absolute Gasteiger partial charge is 0.478 e. The van der Waals surface area contributed by atoms with Crippen LogP contribution in [0.1, 0.15) is 35.7 Å². The Kier molecular flexibility index (Phi) is 2.40. The van der Waals surface area contributed by atoms with Gasteiger partial charge in [-0.25, -0.2) is 4.79 Å². The van der Waals surface area contributed by atoms with Gasteiger partial charge >= 0.3 is 5.97 Å². The Labute approximate surface area is 104 Å². The third kappa shape index (κ3) is 1.77. The number of aliphatic carboxylic acids is 1. The van der Waals surface area contributed by atoms with Crippen molar-refractivity contribution < 1.29 is 9.90 Å². The third-order valence-corrected chi connectivity index (χ3v) is 3.24. The zero-order valence-electron chi connectivity index (χ0n) is 10.00. The molecule has 2 heterocycles. The Bertz CT molecular complexity index is 654. The monoisotopic (exact) mass is 243 g/mol. The Morgan fingerprint density at radius 1 is 1.50 bits per heavy atom. The highest BCUT2D eigenvalue weighted by atomic mass is 16.4. The first-order valence-electron chi connectivity index (χ1n) is 5.92. The van der Waals surface area contributed by atoms with Crippen molar-refractivity contribution in [3.05, 3.63) is 35.3 Å².